The third-order valence-electron chi connectivity index (χ3n) is 7.29. The van der Waals surface area contributed by atoms with Crippen LogP contribution in [0.4, 0.5) is 4.79 Å². The van der Waals surface area contributed by atoms with Crippen LogP contribution >= 0.6 is 0 Å². The van der Waals surface area contributed by atoms with E-state index in [0.717, 1.165) is 22.3 Å². The lowest BCUT2D eigenvalue weighted by Crippen LogP contribution is -2.53. The maximum absolute atomic E-state index is 13.5. The summed E-state index contributed by atoms with van der Waals surface area (Å²) in [5.41, 5.74) is 3.43. The van der Waals surface area contributed by atoms with Crippen LogP contribution in [0.3, 0.4) is 0 Å². The number of benzene rings is 3. The first-order valence-electron chi connectivity index (χ1n) is 13.6. The second-order valence-corrected chi connectivity index (χ2v) is 10.2. The van der Waals surface area contributed by atoms with Crippen molar-refractivity contribution >= 4 is 18.4 Å². The highest BCUT2D eigenvalue weighted by atomic mass is 16.4. The van der Waals surface area contributed by atoms with E-state index in [9.17, 15) is 29.7 Å². The van der Waals surface area contributed by atoms with E-state index in [-0.39, 0.29) is 13.1 Å². The van der Waals surface area contributed by atoms with Crippen molar-refractivity contribution in [3.05, 3.63) is 107 Å². The predicted molar refractivity (Wildman–Crippen MR) is 153 cm³/mol. The monoisotopic (exact) mass is 560 g/mol. The molecule has 5 atom stereocenters. The lowest BCUT2D eigenvalue weighted by atomic mass is 9.98. The van der Waals surface area contributed by atoms with Gasteiger partial charge in [0, 0.05) is 19.6 Å². The molecule has 6 N–H and O–H groups in total. The van der Waals surface area contributed by atoms with Crippen LogP contribution in [0, 0.1) is 0 Å². The van der Waals surface area contributed by atoms with Crippen molar-refractivity contribution in [3.8, 4) is 0 Å². The number of hydrogen-bond acceptors (Lipinski definition) is 6. The Morgan fingerprint density at radius 2 is 1.32 bits per heavy atom. The van der Waals surface area contributed by atoms with Crippen LogP contribution in [0.2, 0.25) is 0 Å². The largest absolute Gasteiger partial charge is 0.465 e. The van der Waals surface area contributed by atoms with Crippen molar-refractivity contribution in [2.75, 3.05) is 13.1 Å². The Balaban J connectivity index is 1.41. The fourth-order valence-corrected chi connectivity index (χ4v) is 5.19. The summed E-state index contributed by atoms with van der Waals surface area (Å²) < 4.78 is 0. The van der Waals surface area contributed by atoms with Gasteiger partial charge in [0.2, 0.25) is 12.3 Å². The van der Waals surface area contributed by atoms with E-state index in [4.69, 9.17) is 0 Å². The molecule has 3 aromatic rings. The van der Waals surface area contributed by atoms with Gasteiger partial charge in [-0.05, 0) is 35.1 Å². The van der Waals surface area contributed by atoms with Gasteiger partial charge < -0.3 is 36.2 Å². The number of aliphatic hydroxyl groups excluding tert-OH is 2. The molecule has 0 radical (unpaired) electrons. The third kappa shape index (κ3) is 8.14. The van der Waals surface area contributed by atoms with Gasteiger partial charge in [0.05, 0.1) is 24.3 Å². The van der Waals surface area contributed by atoms with Gasteiger partial charge in [-0.15, -0.1) is 0 Å². The zero-order chi connectivity index (χ0) is 29.2. The SMILES string of the molecule is O=CN1Cc2ccccc2C1C(=O)N[C@@H](Cc1ccccc1)C(O)CNC[C@@H](O)[C@H](Cc1ccccc1)NC(=O)O. The summed E-state index contributed by atoms with van der Waals surface area (Å²) in [7, 11) is 0. The van der Waals surface area contributed by atoms with E-state index < -0.39 is 42.3 Å². The van der Waals surface area contributed by atoms with Crippen molar-refractivity contribution < 1.29 is 29.7 Å². The molecule has 0 saturated heterocycles. The first kappa shape index (κ1) is 29.7. The van der Waals surface area contributed by atoms with Crippen LogP contribution in [-0.2, 0) is 29.0 Å². The molecule has 3 aromatic carbocycles. The molecule has 3 amide bonds. The minimum absolute atomic E-state index is 0.00969. The Hall–Kier alpha value is -4.25. The molecule has 2 unspecified atom stereocenters. The fraction of sp³-hybridized carbons (Fsp3) is 0.323. The van der Waals surface area contributed by atoms with Crippen LogP contribution in [-0.4, -0.2) is 76.0 Å². The van der Waals surface area contributed by atoms with Crippen molar-refractivity contribution in [2.24, 2.45) is 0 Å². The molecule has 41 heavy (non-hydrogen) atoms. The van der Waals surface area contributed by atoms with E-state index in [0.29, 0.717) is 25.8 Å². The van der Waals surface area contributed by atoms with E-state index in [1.807, 2.05) is 84.9 Å². The molecule has 0 spiro atoms. The number of hydrogen-bond donors (Lipinski definition) is 6. The number of carbonyl (C=O) groups is 3. The number of carboxylic acid groups (broad SMARTS) is 1. The fourth-order valence-electron chi connectivity index (χ4n) is 5.19. The summed E-state index contributed by atoms with van der Waals surface area (Å²) in [5.74, 6) is -0.393. The number of amides is 3. The molecule has 10 nitrogen and oxygen atoms in total. The molecule has 0 saturated carbocycles. The summed E-state index contributed by atoms with van der Waals surface area (Å²) in [6.45, 7) is 0.367. The Labute approximate surface area is 239 Å². The highest BCUT2D eigenvalue weighted by Crippen LogP contribution is 2.32. The molecule has 10 heteroatoms. The van der Waals surface area contributed by atoms with Crippen molar-refractivity contribution in [1.82, 2.24) is 20.9 Å². The molecule has 4 rings (SSSR count). The van der Waals surface area contributed by atoms with Gasteiger partial charge in [0.25, 0.3) is 0 Å². The first-order valence-corrected chi connectivity index (χ1v) is 13.6. The summed E-state index contributed by atoms with van der Waals surface area (Å²) >= 11 is 0. The van der Waals surface area contributed by atoms with E-state index >= 15 is 0 Å². The molecule has 1 aliphatic rings. The molecule has 0 bridgehead atoms. The number of nitrogens with one attached hydrogen (secondary N) is 3. The predicted octanol–water partition coefficient (Wildman–Crippen LogP) is 1.62. The van der Waals surface area contributed by atoms with E-state index in [1.165, 1.54) is 4.90 Å². The van der Waals surface area contributed by atoms with Gasteiger partial charge in [-0.25, -0.2) is 4.79 Å². The third-order valence-corrected chi connectivity index (χ3v) is 7.29. The zero-order valence-electron chi connectivity index (χ0n) is 22.6. The number of nitrogens with zero attached hydrogens (tertiary/aromatic N) is 1. The minimum Gasteiger partial charge on any atom is -0.465 e. The maximum Gasteiger partial charge on any atom is 0.404 e. The second-order valence-electron chi connectivity index (χ2n) is 10.2. The van der Waals surface area contributed by atoms with Crippen LogP contribution < -0.4 is 16.0 Å². The van der Waals surface area contributed by atoms with Crippen LogP contribution in [0.5, 0.6) is 0 Å². The zero-order valence-corrected chi connectivity index (χ0v) is 22.6. The van der Waals surface area contributed by atoms with Gasteiger partial charge >= 0.3 is 6.09 Å². The molecule has 0 aliphatic carbocycles. The molecule has 0 aromatic heterocycles. The lowest BCUT2D eigenvalue weighted by Gasteiger charge is -2.29. The van der Waals surface area contributed by atoms with Gasteiger partial charge in [0.1, 0.15) is 6.04 Å². The molecular formula is C31H36N4O6. The van der Waals surface area contributed by atoms with Gasteiger partial charge in [0.15, 0.2) is 0 Å². The number of fused-ring (bicyclic) bond motifs is 1. The van der Waals surface area contributed by atoms with Crippen LogP contribution in [0.15, 0.2) is 84.9 Å². The van der Waals surface area contributed by atoms with Crippen molar-refractivity contribution in [3.63, 3.8) is 0 Å². The Kier molecular flexibility index (Phi) is 10.4. The molecule has 1 aliphatic heterocycles. The highest BCUT2D eigenvalue weighted by molar-refractivity contribution is 5.86. The summed E-state index contributed by atoms with van der Waals surface area (Å²) in [6, 6.07) is 23.8. The van der Waals surface area contributed by atoms with Crippen molar-refractivity contribution in [1.29, 1.82) is 0 Å². The van der Waals surface area contributed by atoms with Gasteiger partial charge in [-0.1, -0.05) is 84.9 Å². The molecule has 0 fully saturated rings. The van der Waals surface area contributed by atoms with Crippen LogP contribution in [0.1, 0.15) is 28.3 Å². The van der Waals surface area contributed by atoms with Crippen molar-refractivity contribution in [2.45, 2.75) is 49.7 Å². The Bertz CT molecular complexity index is 1290. The topological polar surface area (TPSA) is 151 Å². The van der Waals surface area contributed by atoms with E-state index in [1.54, 1.807) is 0 Å². The first-order chi connectivity index (χ1) is 19.9. The minimum atomic E-state index is -1.24. The molecule has 216 valence electrons. The average molecular weight is 561 g/mol. The standard InChI is InChI=1S/C31H36N4O6/c36-20-35-19-23-13-7-8-14-24(23)29(35)30(39)33-25(15-21-9-3-1-4-10-21)27(37)17-32-18-28(38)26(34-31(40)41)16-22-11-5-2-6-12-22/h1-14,20,25-29,32,34,37-38H,15-19H2,(H,33,39)(H,40,41)/t25-,26-,27?,28+,29?/m0/s1. The molecule has 1 heterocycles. The maximum atomic E-state index is 13.5. The summed E-state index contributed by atoms with van der Waals surface area (Å²) in [5, 5.41) is 39.5. The number of rotatable bonds is 14. The number of aliphatic hydroxyl groups is 2. The van der Waals surface area contributed by atoms with E-state index in [2.05, 4.69) is 16.0 Å². The molecular weight excluding hydrogens is 524 g/mol. The second kappa shape index (κ2) is 14.4. The quantitative estimate of drug-likeness (QED) is 0.164. The summed E-state index contributed by atoms with van der Waals surface area (Å²) in [4.78, 5) is 38.0. The summed E-state index contributed by atoms with van der Waals surface area (Å²) in [6.07, 6.45) is -2.07. The Morgan fingerprint density at radius 3 is 1.85 bits per heavy atom. The number of carbonyl (C=O) groups excluding carboxylic acids is 2. The van der Waals surface area contributed by atoms with Gasteiger partial charge in [-0.2, -0.15) is 0 Å². The smallest absolute Gasteiger partial charge is 0.404 e. The normalized spacial score (nSPS) is 17.1. The van der Waals surface area contributed by atoms with Crippen LogP contribution in [0.25, 0.3) is 0 Å². The van der Waals surface area contributed by atoms with Gasteiger partial charge in [-0.3, -0.25) is 9.59 Å². The lowest BCUT2D eigenvalue weighted by molar-refractivity contribution is -0.133. The Morgan fingerprint density at radius 1 is 0.805 bits per heavy atom. The average Bonchev–Trinajstić information content (AvgIpc) is 3.36. The highest BCUT2D eigenvalue weighted by Gasteiger charge is 2.36.